The van der Waals surface area contributed by atoms with E-state index in [4.69, 9.17) is 9.63 Å². The van der Waals surface area contributed by atoms with Gasteiger partial charge >= 0.3 is 5.97 Å². The first-order chi connectivity index (χ1) is 7.69. The number of carboxylic acids is 1. The van der Waals surface area contributed by atoms with Crippen LogP contribution in [0.4, 0.5) is 0 Å². The van der Waals surface area contributed by atoms with Gasteiger partial charge in [0, 0.05) is 5.92 Å². The summed E-state index contributed by atoms with van der Waals surface area (Å²) < 4.78 is 5.10. The van der Waals surface area contributed by atoms with E-state index >= 15 is 0 Å². The third kappa shape index (κ3) is 2.79. The molecule has 0 aromatic carbocycles. The standard InChI is InChI=1S/C10H15N3O3/c1-2-13(6-9(14)15)5-8-11-10(16-12-8)7-3-4-7/h7H,2-6H2,1H3,(H,14,15). The summed E-state index contributed by atoms with van der Waals surface area (Å²) >= 11 is 0. The summed E-state index contributed by atoms with van der Waals surface area (Å²) in [6.07, 6.45) is 2.24. The second kappa shape index (κ2) is 4.61. The molecule has 0 amide bonds. The third-order valence-electron chi connectivity index (χ3n) is 2.58. The average molecular weight is 225 g/mol. The molecular weight excluding hydrogens is 210 g/mol. The number of aromatic nitrogens is 2. The molecule has 1 fully saturated rings. The number of nitrogens with zero attached hydrogens (tertiary/aromatic N) is 3. The van der Waals surface area contributed by atoms with E-state index in [2.05, 4.69) is 10.1 Å². The van der Waals surface area contributed by atoms with Crippen molar-refractivity contribution in [2.24, 2.45) is 0 Å². The van der Waals surface area contributed by atoms with Crippen LogP contribution in [0.5, 0.6) is 0 Å². The Morgan fingerprint density at radius 3 is 2.94 bits per heavy atom. The molecule has 1 heterocycles. The molecule has 0 saturated heterocycles. The Labute approximate surface area is 93.2 Å². The van der Waals surface area contributed by atoms with Crippen molar-refractivity contribution in [3.63, 3.8) is 0 Å². The lowest BCUT2D eigenvalue weighted by molar-refractivity contribution is -0.138. The van der Waals surface area contributed by atoms with Crippen molar-refractivity contribution >= 4 is 5.97 Å². The highest BCUT2D eigenvalue weighted by molar-refractivity contribution is 5.69. The van der Waals surface area contributed by atoms with Crippen molar-refractivity contribution < 1.29 is 14.4 Å². The van der Waals surface area contributed by atoms with E-state index in [1.807, 2.05) is 6.92 Å². The third-order valence-corrected chi connectivity index (χ3v) is 2.58. The molecule has 1 aromatic rings. The first-order valence-electron chi connectivity index (χ1n) is 5.45. The van der Waals surface area contributed by atoms with E-state index in [1.54, 1.807) is 4.90 Å². The minimum absolute atomic E-state index is 0.00377. The first-order valence-corrected chi connectivity index (χ1v) is 5.45. The lowest BCUT2D eigenvalue weighted by atomic mass is 10.4. The van der Waals surface area contributed by atoms with Crippen LogP contribution in [-0.2, 0) is 11.3 Å². The smallest absolute Gasteiger partial charge is 0.317 e. The minimum atomic E-state index is -0.840. The highest BCUT2D eigenvalue weighted by Gasteiger charge is 2.29. The molecule has 1 aliphatic rings. The molecule has 0 atom stereocenters. The van der Waals surface area contributed by atoms with Gasteiger partial charge in [0.25, 0.3) is 0 Å². The molecule has 0 bridgehead atoms. The van der Waals surface area contributed by atoms with Crippen LogP contribution in [0.3, 0.4) is 0 Å². The lowest BCUT2D eigenvalue weighted by Crippen LogP contribution is -2.29. The average Bonchev–Trinajstić information content (AvgIpc) is 2.98. The molecule has 6 heteroatoms. The van der Waals surface area contributed by atoms with Gasteiger partial charge in [-0.05, 0) is 19.4 Å². The highest BCUT2D eigenvalue weighted by Crippen LogP contribution is 2.38. The molecule has 0 aliphatic heterocycles. The number of rotatable bonds is 6. The molecule has 2 rings (SSSR count). The van der Waals surface area contributed by atoms with Crippen LogP contribution in [0.15, 0.2) is 4.52 Å². The first kappa shape index (κ1) is 11.1. The van der Waals surface area contributed by atoms with Gasteiger partial charge in [-0.15, -0.1) is 0 Å². The van der Waals surface area contributed by atoms with Crippen molar-refractivity contribution in [3.8, 4) is 0 Å². The topological polar surface area (TPSA) is 79.5 Å². The molecule has 0 radical (unpaired) electrons. The van der Waals surface area contributed by atoms with Gasteiger partial charge < -0.3 is 9.63 Å². The van der Waals surface area contributed by atoms with Crippen molar-refractivity contribution in [1.82, 2.24) is 15.0 Å². The Morgan fingerprint density at radius 2 is 2.38 bits per heavy atom. The second-order valence-corrected chi connectivity index (χ2v) is 4.02. The number of likely N-dealkylation sites (N-methyl/N-ethyl adjacent to an activating group) is 1. The molecule has 6 nitrogen and oxygen atoms in total. The van der Waals surface area contributed by atoms with Gasteiger partial charge in [-0.3, -0.25) is 9.69 Å². The van der Waals surface area contributed by atoms with E-state index < -0.39 is 5.97 Å². The summed E-state index contributed by atoms with van der Waals surface area (Å²) in [7, 11) is 0. The maximum absolute atomic E-state index is 10.6. The number of carbonyl (C=O) groups is 1. The summed E-state index contributed by atoms with van der Waals surface area (Å²) in [6, 6.07) is 0. The molecule has 0 unspecified atom stereocenters. The van der Waals surface area contributed by atoms with E-state index in [0.29, 0.717) is 30.7 Å². The summed E-state index contributed by atoms with van der Waals surface area (Å²) in [5.74, 6) is 0.870. The molecule has 1 aromatic heterocycles. The summed E-state index contributed by atoms with van der Waals surface area (Å²) in [4.78, 5) is 16.6. The zero-order valence-corrected chi connectivity index (χ0v) is 9.22. The Balaban J connectivity index is 1.92. The van der Waals surface area contributed by atoms with Crippen LogP contribution in [0.1, 0.15) is 37.4 Å². The van der Waals surface area contributed by atoms with Gasteiger partial charge in [-0.2, -0.15) is 4.98 Å². The Morgan fingerprint density at radius 1 is 1.62 bits per heavy atom. The van der Waals surface area contributed by atoms with Crippen LogP contribution < -0.4 is 0 Å². The predicted octanol–water partition coefficient (Wildman–Crippen LogP) is 0.853. The van der Waals surface area contributed by atoms with E-state index in [0.717, 1.165) is 12.8 Å². The maximum Gasteiger partial charge on any atom is 0.317 e. The van der Waals surface area contributed by atoms with E-state index in [-0.39, 0.29) is 6.54 Å². The van der Waals surface area contributed by atoms with Crippen LogP contribution in [0, 0.1) is 0 Å². The van der Waals surface area contributed by atoms with Gasteiger partial charge in [0.05, 0.1) is 13.1 Å². The highest BCUT2D eigenvalue weighted by atomic mass is 16.5. The lowest BCUT2D eigenvalue weighted by Gasteiger charge is -2.14. The molecule has 88 valence electrons. The molecule has 0 spiro atoms. The fraction of sp³-hybridized carbons (Fsp3) is 0.700. The van der Waals surface area contributed by atoms with Crippen molar-refractivity contribution in [2.75, 3.05) is 13.1 Å². The molecule has 16 heavy (non-hydrogen) atoms. The van der Waals surface area contributed by atoms with Gasteiger partial charge in [0.15, 0.2) is 5.82 Å². The van der Waals surface area contributed by atoms with Crippen LogP contribution in [0.25, 0.3) is 0 Å². The Bertz CT molecular complexity index is 373. The fourth-order valence-corrected chi connectivity index (χ4v) is 1.50. The second-order valence-electron chi connectivity index (χ2n) is 4.02. The quantitative estimate of drug-likeness (QED) is 0.773. The molecule has 1 aliphatic carbocycles. The normalized spacial score (nSPS) is 15.6. The summed E-state index contributed by atoms with van der Waals surface area (Å²) in [5, 5.41) is 12.5. The van der Waals surface area contributed by atoms with Crippen molar-refractivity contribution in [3.05, 3.63) is 11.7 Å². The summed E-state index contributed by atoms with van der Waals surface area (Å²) in [5.41, 5.74) is 0. The number of aliphatic carboxylic acids is 1. The van der Waals surface area contributed by atoms with Crippen LogP contribution in [-0.4, -0.2) is 39.2 Å². The summed E-state index contributed by atoms with van der Waals surface area (Å²) in [6.45, 7) is 2.99. The number of hydrogen-bond donors (Lipinski definition) is 1. The van der Waals surface area contributed by atoms with E-state index in [1.165, 1.54) is 0 Å². The fourth-order valence-electron chi connectivity index (χ4n) is 1.50. The molecule has 1 saturated carbocycles. The van der Waals surface area contributed by atoms with Crippen LogP contribution in [0.2, 0.25) is 0 Å². The number of carboxylic acid groups (broad SMARTS) is 1. The van der Waals surface area contributed by atoms with Crippen molar-refractivity contribution in [1.29, 1.82) is 0 Å². The maximum atomic E-state index is 10.6. The Kier molecular flexibility index (Phi) is 3.19. The zero-order valence-electron chi connectivity index (χ0n) is 9.22. The monoisotopic (exact) mass is 225 g/mol. The predicted molar refractivity (Wildman–Crippen MR) is 54.9 cm³/mol. The molecule has 1 N–H and O–H groups in total. The van der Waals surface area contributed by atoms with Crippen molar-refractivity contribution in [2.45, 2.75) is 32.2 Å². The van der Waals surface area contributed by atoms with Gasteiger partial charge in [-0.25, -0.2) is 0 Å². The molecular formula is C10H15N3O3. The van der Waals surface area contributed by atoms with Gasteiger partial charge in [-0.1, -0.05) is 12.1 Å². The zero-order chi connectivity index (χ0) is 11.5. The van der Waals surface area contributed by atoms with Gasteiger partial charge in [0.2, 0.25) is 5.89 Å². The number of hydrogen-bond acceptors (Lipinski definition) is 5. The Hall–Kier alpha value is -1.43. The van der Waals surface area contributed by atoms with Crippen LogP contribution >= 0.6 is 0 Å². The SMILES string of the molecule is CCN(CC(=O)O)Cc1noc(C2CC2)n1. The van der Waals surface area contributed by atoms with Gasteiger partial charge in [0.1, 0.15) is 0 Å². The van der Waals surface area contributed by atoms with E-state index in [9.17, 15) is 4.79 Å². The minimum Gasteiger partial charge on any atom is -0.480 e. The largest absolute Gasteiger partial charge is 0.480 e.